The minimum atomic E-state index is 0.504. The van der Waals surface area contributed by atoms with E-state index >= 15 is 0 Å². The summed E-state index contributed by atoms with van der Waals surface area (Å²) < 4.78 is 5.56. The van der Waals surface area contributed by atoms with Crippen LogP contribution >= 0.6 is 0 Å². The van der Waals surface area contributed by atoms with E-state index in [1.807, 2.05) is 0 Å². The predicted molar refractivity (Wildman–Crippen MR) is 69.8 cm³/mol. The van der Waals surface area contributed by atoms with Crippen molar-refractivity contribution in [2.45, 2.75) is 70.8 Å². The lowest BCUT2D eigenvalue weighted by atomic mass is 10.1. The molecule has 0 aromatic heterocycles. The van der Waals surface area contributed by atoms with E-state index in [4.69, 9.17) is 4.74 Å². The maximum atomic E-state index is 5.56. The van der Waals surface area contributed by atoms with Gasteiger partial charge in [-0.05, 0) is 25.8 Å². The first-order chi connectivity index (χ1) is 7.93. The normalized spacial score (nSPS) is 20.4. The maximum Gasteiger partial charge on any atom is 0.0700 e. The molecule has 1 saturated heterocycles. The molecular formula is C14H29NO. The average molecular weight is 227 g/mol. The second kappa shape index (κ2) is 10.1. The largest absolute Gasteiger partial charge is 0.377 e. The number of ether oxygens (including phenoxy) is 1. The first-order valence-corrected chi connectivity index (χ1v) is 7.26. The molecule has 0 aromatic rings. The van der Waals surface area contributed by atoms with Crippen LogP contribution in [0.25, 0.3) is 0 Å². The van der Waals surface area contributed by atoms with Gasteiger partial charge in [-0.15, -0.1) is 0 Å². The standard InChI is InChI=1S/C14H29NO/c1-2-3-4-5-6-7-8-11-15-13-14-10-9-12-16-14/h14-15H,2-13H2,1H3. The molecule has 0 amide bonds. The molecule has 0 saturated carbocycles. The molecule has 1 aliphatic heterocycles. The van der Waals surface area contributed by atoms with Gasteiger partial charge >= 0.3 is 0 Å². The van der Waals surface area contributed by atoms with Gasteiger partial charge in [-0.3, -0.25) is 0 Å². The third kappa shape index (κ3) is 7.24. The van der Waals surface area contributed by atoms with E-state index in [0.29, 0.717) is 6.10 Å². The molecule has 1 heterocycles. The predicted octanol–water partition coefficient (Wildman–Crippen LogP) is 3.51. The van der Waals surface area contributed by atoms with Crippen LogP contribution in [0.1, 0.15) is 64.7 Å². The molecule has 0 aromatic carbocycles. The van der Waals surface area contributed by atoms with Crippen molar-refractivity contribution < 1.29 is 4.74 Å². The first-order valence-electron chi connectivity index (χ1n) is 7.26. The monoisotopic (exact) mass is 227 g/mol. The van der Waals surface area contributed by atoms with Gasteiger partial charge in [-0.2, -0.15) is 0 Å². The third-order valence-corrected chi connectivity index (χ3v) is 3.35. The molecule has 1 unspecified atom stereocenters. The van der Waals surface area contributed by atoms with Crippen LogP contribution in [0.4, 0.5) is 0 Å². The zero-order chi connectivity index (χ0) is 11.5. The quantitative estimate of drug-likeness (QED) is 0.577. The lowest BCUT2D eigenvalue weighted by Crippen LogP contribution is -2.26. The molecule has 1 fully saturated rings. The fourth-order valence-electron chi connectivity index (χ4n) is 2.28. The Morgan fingerprint density at radius 1 is 1.06 bits per heavy atom. The van der Waals surface area contributed by atoms with Crippen LogP contribution in [0, 0.1) is 0 Å². The van der Waals surface area contributed by atoms with Crippen LogP contribution in [-0.2, 0) is 4.74 Å². The third-order valence-electron chi connectivity index (χ3n) is 3.35. The van der Waals surface area contributed by atoms with Crippen LogP contribution in [0.5, 0.6) is 0 Å². The zero-order valence-electron chi connectivity index (χ0n) is 11.0. The van der Waals surface area contributed by atoms with Gasteiger partial charge in [-0.25, -0.2) is 0 Å². The van der Waals surface area contributed by atoms with Crippen LogP contribution in [-0.4, -0.2) is 25.8 Å². The summed E-state index contributed by atoms with van der Waals surface area (Å²) in [5.41, 5.74) is 0. The molecule has 1 N–H and O–H groups in total. The summed E-state index contributed by atoms with van der Waals surface area (Å²) in [6.07, 6.45) is 12.8. The Morgan fingerprint density at radius 3 is 2.50 bits per heavy atom. The molecule has 2 heteroatoms. The summed E-state index contributed by atoms with van der Waals surface area (Å²) in [5, 5.41) is 3.50. The highest BCUT2D eigenvalue weighted by Crippen LogP contribution is 2.10. The zero-order valence-corrected chi connectivity index (χ0v) is 11.0. The molecule has 0 bridgehead atoms. The second-order valence-corrected chi connectivity index (χ2v) is 4.96. The van der Waals surface area contributed by atoms with Gasteiger partial charge in [0.05, 0.1) is 6.10 Å². The second-order valence-electron chi connectivity index (χ2n) is 4.96. The Hall–Kier alpha value is -0.0800. The average Bonchev–Trinajstić information content (AvgIpc) is 2.80. The maximum absolute atomic E-state index is 5.56. The highest BCUT2D eigenvalue weighted by molar-refractivity contribution is 4.67. The van der Waals surface area contributed by atoms with Gasteiger partial charge in [0.15, 0.2) is 0 Å². The van der Waals surface area contributed by atoms with Crippen molar-refractivity contribution in [1.29, 1.82) is 0 Å². The van der Waals surface area contributed by atoms with Gasteiger partial charge in [0, 0.05) is 13.2 Å². The summed E-state index contributed by atoms with van der Waals surface area (Å²) in [4.78, 5) is 0. The summed E-state index contributed by atoms with van der Waals surface area (Å²) in [5.74, 6) is 0. The van der Waals surface area contributed by atoms with Crippen molar-refractivity contribution >= 4 is 0 Å². The highest BCUT2D eigenvalue weighted by Gasteiger charge is 2.13. The molecule has 1 atom stereocenters. The summed E-state index contributed by atoms with van der Waals surface area (Å²) in [7, 11) is 0. The fourth-order valence-corrected chi connectivity index (χ4v) is 2.28. The van der Waals surface area contributed by atoms with Gasteiger partial charge in [0.2, 0.25) is 0 Å². The van der Waals surface area contributed by atoms with Crippen molar-refractivity contribution in [3.63, 3.8) is 0 Å². The van der Waals surface area contributed by atoms with Crippen LogP contribution in [0.3, 0.4) is 0 Å². The molecule has 0 aliphatic carbocycles. The Morgan fingerprint density at radius 2 is 1.81 bits per heavy atom. The molecular weight excluding hydrogens is 198 g/mol. The molecule has 0 spiro atoms. The molecule has 0 radical (unpaired) electrons. The van der Waals surface area contributed by atoms with Crippen molar-refractivity contribution in [3.8, 4) is 0 Å². The molecule has 96 valence electrons. The van der Waals surface area contributed by atoms with Crippen LogP contribution in [0.2, 0.25) is 0 Å². The molecule has 1 rings (SSSR count). The number of hydrogen-bond acceptors (Lipinski definition) is 2. The van der Waals surface area contributed by atoms with E-state index < -0.39 is 0 Å². The number of nitrogens with one attached hydrogen (secondary N) is 1. The Bertz CT molecular complexity index is 144. The number of hydrogen-bond donors (Lipinski definition) is 1. The Labute approximate surface area is 101 Å². The van der Waals surface area contributed by atoms with E-state index in [2.05, 4.69) is 12.2 Å². The summed E-state index contributed by atoms with van der Waals surface area (Å²) >= 11 is 0. The van der Waals surface area contributed by atoms with Crippen LogP contribution < -0.4 is 5.32 Å². The first kappa shape index (κ1) is 14.0. The van der Waals surface area contributed by atoms with Gasteiger partial charge in [-0.1, -0.05) is 45.4 Å². The van der Waals surface area contributed by atoms with Crippen LogP contribution in [0.15, 0.2) is 0 Å². The lowest BCUT2D eigenvalue weighted by Gasteiger charge is -2.10. The van der Waals surface area contributed by atoms with Gasteiger partial charge < -0.3 is 10.1 Å². The smallest absolute Gasteiger partial charge is 0.0700 e. The number of rotatable bonds is 10. The SMILES string of the molecule is CCCCCCCCCNCC1CCCO1. The van der Waals surface area contributed by atoms with Crippen molar-refractivity contribution in [2.75, 3.05) is 19.7 Å². The summed E-state index contributed by atoms with van der Waals surface area (Å²) in [6, 6.07) is 0. The van der Waals surface area contributed by atoms with E-state index in [0.717, 1.165) is 13.2 Å². The fraction of sp³-hybridized carbons (Fsp3) is 1.00. The minimum Gasteiger partial charge on any atom is -0.377 e. The highest BCUT2D eigenvalue weighted by atomic mass is 16.5. The van der Waals surface area contributed by atoms with E-state index in [-0.39, 0.29) is 0 Å². The number of unbranched alkanes of at least 4 members (excludes halogenated alkanes) is 6. The Balaban J connectivity index is 1.71. The van der Waals surface area contributed by atoms with E-state index in [1.165, 1.54) is 64.3 Å². The van der Waals surface area contributed by atoms with Crippen molar-refractivity contribution in [1.82, 2.24) is 5.32 Å². The minimum absolute atomic E-state index is 0.504. The van der Waals surface area contributed by atoms with Gasteiger partial charge in [0.25, 0.3) is 0 Å². The lowest BCUT2D eigenvalue weighted by molar-refractivity contribution is 0.110. The van der Waals surface area contributed by atoms with Gasteiger partial charge in [0.1, 0.15) is 0 Å². The van der Waals surface area contributed by atoms with Crippen molar-refractivity contribution in [3.05, 3.63) is 0 Å². The van der Waals surface area contributed by atoms with Crippen molar-refractivity contribution in [2.24, 2.45) is 0 Å². The Kier molecular flexibility index (Phi) is 8.83. The van der Waals surface area contributed by atoms with E-state index in [1.54, 1.807) is 0 Å². The summed E-state index contributed by atoms with van der Waals surface area (Å²) in [6.45, 7) is 5.49. The molecule has 16 heavy (non-hydrogen) atoms. The molecule has 2 nitrogen and oxygen atoms in total. The van der Waals surface area contributed by atoms with E-state index in [9.17, 15) is 0 Å². The topological polar surface area (TPSA) is 21.3 Å². The molecule has 1 aliphatic rings.